The molecular formula is C19H33N3O. The molecule has 1 rings (SSSR count). The first kappa shape index (κ1) is 19.3. The first-order valence-electron chi connectivity index (χ1n) is 9.08. The van der Waals surface area contributed by atoms with E-state index in [4.69, 9.17) is 11.5 Å². The van der Waals surface area contributed by atoms with Gasteiger partial charge in [0.05, 0.1) is 11.4 Å². The van der Waals surface area contributed by atoms with Crippen molar-refractivity contribution in [2.24, 2.45) is 0 Å². The second kappa shape index (κ2) is 11.8. The highest BCUT2D eigenvalue weighted by atomic mass is 16.1. The van der Waals surface area contributed by atoms with E-state index in [1.807, 2.05) is 0 Å². The Hall–Kier alpha value is -1.71. The number of amides is 1. The molecule has 4 heteroatoms. The number of carbonyl (C=O) groups is 1. The van der Waals surface area contributed by atoms with Gasteiger partial charge in [0.2, 0.25) is 0 Å². The molecule has 23 heavy (non-hydrogen) atoms. The van der Waals surface area contributed by atoms with Crippen LogP contribution in [0, 0.1) is 0 Å². The van der Waals surface area contributed by atoms with Crippen LogP contribution in [0.4, 0.5) is 11.4 Å². The first-order chi connectivity index (χ1) is 11.1. The van der Waals surface area contributed by atoms with Crippen molar-refractivity contribution >= 4 is 17.3 Å². The molecule has 0 aliphatic rings. The van der Waals surface area contributed by atoms with E-state index in [-0.39, 0.29) is 5.91 Å². The molecule has 0 heterocycles. The molecule has 0 unspecified atom stereocenters. The lowest BCUT2D eigenvalue weighted by Crippen LogP contribution is -2.24. The molecule has 1 aromatic carbocycles. The van der Waals surface area contributed by atoms with Crippen LogP contribution in [-0.2, 0) is 0 Å². The third-order valence-electron chi connectivity index (χ3n) is 4.16. The van der Waals surface area contributed by atoms with E-state index in [2.05, 4.69) is 12.2 Å². The summed E-state index contributed by atoms with van der Waals surface area (Å²) in [5.41, 5.74) is 12.9. The average Bonchev–Trinajstić information content (AvgIpc) is 2.55. The number of anilines is 2. The summed E-state index contributed by atoms with van der Waals surface area (Å²) < 4.78 is 0. The quantitative estimate of drug-likeness (QED) is 0.392. The van der Waals surface area contributed by atoms with Crippen molar-refractivity contribution < 1.29 is 4.79 Å². The molecule has 0 saturated carbocycles. The van der Waals surface area contributed by atoms with Gasteiger partial charge in [0.1, 0.15) is 0 Å². The standard InChI is InChI=1S/C19H33N3O/c1-2-3-4-5-6-7-8-9-10-11-14-22-19(23)16-12-13-17(20)18(21)15-16/h12-13,15H,2-11,14,20-21H2,1H3,(H,22,23). The summed E-state index contributed by atoms with van der Waals surface area (Å²) >= 11 is 0. The van der Waals surface area contributed by atoms with E-state index in [0.29, 0.717) is 16.9 Å². The molecule has 0 aliphatic carbocycles. The monoisotopic (exact) mass is 319 g/mol. The Labute approximate surface area is 141 Å². The molecule has 0 radical (unpaired) electrons. The van der Waals surface area contributed by atoms with Gasteiger partial charge in [-0.3, -0.25) is 4.79 Å². The minimum atomic E-state index is -0.0763. The summed E-state index contributed by atoms with van der Waals surface area (Å²) in [6, 6.07) is 5.01. The van der Waals surface area contributed by atoms with Gasteiger partial charge in [-0.25, -0.2) is 0 Å². The van der Waals surface area contributed by atoms with Crippen molar-refractivity contribution in [2.45, 2.75) is 71.1 Å². The fraction of sp³-hybridized carbons (Fsp3) is 0.632. The number of hydrogen-bond donors (Lipinski definition) is 3. The van der Waals surface area contributed by atoms with Crippen LogP contribution in [0.5, 0.6) is 0 Å². The number of hydrogen-bond acceptors (Lipinski definition) is 3. The van der Waals surface area contributed by atoms with Crippen LogP contribution in [-0.4, -0.2) is 12.5 Å². The van der Waals surface area contributed by atoms with Crippen molar-refractivity contribution in [1.82, 2.24) is 5.32 Å². The van der Waals surface area contributed by atoms with Crippen molar-refractivity contribution in [3.05, 3.63) is 23.8 Å². The van der Waals surface area contributed by atoms with Gasteiger partial charge in [-0.1, -0.05) is 64.7 Å². The van der Waals surface area contributed by atoms with Crippen molar-refractivity contribution in [3.63, 3.8) is 0 Å². The first-order valence-corrected chi connectivity index (χ1v) is 9.08. The highest BCUT2D eigenvalue weighted by molar-refractivity contribution is 5.95. The molecule has 1 aromatic rings. The number of carbonyl (C=O) groups excluding carboxylic acids is 1. The van der Waals surface area contributed by atoms with E-state index < -0.39 is 0 Å². The molecular weight excluding hydrogens is 286 g/mol. The molecule has 5 N–H and O–H groups in total. The second-order valence-corrected chi connectivity index (χ2v) is 6.28. The Bertz CT molecular complexity index is 460. The van der Waals surface area contributed by atoms with Crippen LogP contribution >= 0.6 is 0 Å². The Balaban J connectivity index is 2.00. The lowest BCUT2D eigenvalue weighted by atomic mass is 10.1. The Kier molecular flexibility index (Phi) is 9.92. The number of benzene rings is 1. The zero-order valence-electron chi connectivity index (χ0n) is 14.6. The highest BCUT2D eigenvalue weighted by Crippen LogP contribution is 2.16. The number of nitrogens with two attached hydrogens (primary N) is 2. The minimum absolute atomic E-state index is 0.0763. The number of nitrogen functional groups attached to an aromatic ring is 2. The van der Waals surface area contributed by atoms with E-state index in [1.54, 1.807) is 18.2 Å². The Morgan fingerprint density at radius 2 is 1.43 bits per heavy atom. The highest BCUT2D eigenvalue weighted by Gasteiger charge is 2.06. The predicted octanol–water partition coefficient (Wildman–Crippen LogP) is 4.50. The molecule has 4 nitrogen and oxygen atoms in total. The number of rotatable bonds is 12. The third-order valence-corrected chi connectivity index (χ3v) is 4.16. The van der Waals surface area contributed by atoms with Crippen LogP contribution in [0.25, 0.3) is 0 Å². The Morgan fingerprint density at radius 3 is 2.00 bits per heavy atom. The van der Waals surface area contributed by atoms with Gasteiger partial charge >= 0.3 is 0 Å². The fourth-order valence-electron chi connectivity index (χ4n) is 2.63. The van der Waals surface area contributed by atoms with Gasteiger partial charge in [-0.05, 0) is 24.6 Å². The molecule has 0 saturated heterocycles. The maximum absolute atomic E-state index is 12.0. The summed E-state index contributed by atoms with van der Waals surface area (Å²) in [5, 5.41) is 2.94. The number of nitrogens with one attached hydrogen (secondary N) is 1. The third kappa shape index (κ3) is 8.48. The van der Waals surface area contributed by atoms with Crippen molar-refractivity contribution in [2.75, 3.05) is 18.0 Å². The van der Waals surface area contributed by atoms with E-state index in [0.717, 1.165) is 13.0 Å². The normalized spacial score (nSPS) is 10.7. The largest absolute Gasteiger partial charge is 0.397 e. The van der Waals surface area contributed by atoms with E-state index in [1.165, 1.54) is 57.8 Å². The topological polar surface area (TPSA) is 81.1 Å². The van der Waals surface area contributed by atoms with Gasteiger partial charge in [0.15, 0.2) is 0 Å². The predicted molar refractivity (Wildman–Crippen MR) is 99.4 cm³/mol. The maximum atomic E-state index is 12.0. The van der Waals surface area contributed by atoms with Gasteiger partial charge in [-0.15, -0.1) is 0 Å². The molecule has 1 amide bonds. The second-order valence-electron chi connectivity index (χ2n) is 6.28. The van der Waals surface area contributed by atoms with Crippen LogP contribution < -0.4 is 16.8 Å². The average molecular weight is 319 g/mol. The molecule has 0 bridgehead atoms. The van der Waals surface area contributed by atoms with E-state index in [9.17, 15) is 4.79 Å². The summed E-state index contributed by atoms with van der Waals surface area (Å²) in [6.45, 7) is 2.97. The summed E-state index contributed by atoms with van der Waals surface area (Å²) in [7, 11) is 0. The summed E-state index contributed by atoms with van der Waals surface area (Å²) in [6.07, 6.45) is 13.0. The molecule has 0 aromatic heterocycles. The molecule has 130 valence electrons. The van der Waals surface area contributed by atoms with Gasteiger partial charge in [0, 0.05) is 12.1 Å². The summed E-state index contributed by atoms with van der Waals surface area (Å²) in [4.78, 5) is 12.0. The maximum Gasteiger partial charge on any atom is 0.251 e. The van der Waals surface area contributed by atoms with Gasteiger partial charge < -0.3 is 16.8 Å². The molecule has 0 aliphatic heterocycles. The van der Waals surface area contributed by atoms with Crippen molar-refractivity contribution in [1.29, 1.82) is 0 Å². The smallest absolute Gasteiger partial charge is 0.251 e. The van der Waals surface area contributed by atoms with Gasteiger partial charge in [-0.2, -0.15) is 0 Å². The van der Waals surface area contributed by atoms with E-state index >= 15 is 0 Å². The zero-order chi connectivity index (χ0) is 16.9. The van der Waals surface area contributed by atoms with Crippen molar-refractivity contribution in [3.8, 4) is 0 Å². The van der Waals surface area contributed by atoms with Crippen LogP contribution in [0.15, 0.2) is 18.2 Å². The van der Waals surface area contributed by atoms with Gasteiger partial charge in [0.25, 0.3) is 5.91 Å². The molecule has 0 spiro atoms. The lowest BCUT2D eigenvalue weighted by molar-refractivity contribution is 0.0953. The van der Waals surface area contributed by atoms with Crippen LogP contribution in [0.2, 0.25) is 0 Å². The SMILES string of the molecule is CCCCCCCCCCCCNC(=O)c1ccc(N)c(N)c1. The fourth-order valence-corrected chi connectivity index (χ4v) is 2.63. The number of unbranched alkanes of at least 4 members (excludes halogenated alkanes) is 9. The van der Waals surface area contributed by atoms with Crippen LogP contribution in [0.3, 0.4) is 0 Å². The molecule has 0 atom stereocenters. The lowest BCUT2D eigenvalue weighted by Gasteiger charge is -2.07. The zero-order valence-corrected chi connectivity index (χ0v) is 14.6. The van der Waals surface area contributed by atoms with Crippen LogP contribution in [0.1, 0.15) is 81.5 Å². The minimum Gasteiger partial charge on any atom is -0.397 e. The summed E-state index contributed by atoms with van der Waals surface area (Å²) in [5.74, 6) is -0.0763. The Morgan fingerprint density at radius 1 is 0.870 bits per heavy atom. The molecule has 0 fully saturated rings.